The average Bonchev–Trinajstić information content (AvgIpc) is 3.14. The van der Waals surface area contributed by atoms with Gasteiger partial charge in [-0.2, -0.15) is 0 Å². The van der Waals surface area contributed by atoms with Gasteiger partial charge in [0.1, 0.15) is 5.75 Å². The SMILES string of the molecule is COC(=O)[C@@H](Cc1ccc(OCOCC[Si](C)(C)C)c(Br)c1)OC(=O)N1CCC(N2CCc3ccccc3NC2=O)CC1. The summed E-state index contributed by atoms with van der Waals surface area (Å²) in [5, 5.41) is 3.01. The van der Waals surface area contributed by atoms with Crippen LogP contribution in [0, 0.1) is 0 Å². The molecule has 0 aromatic heterocycles. The Bertz CT molecular complexity index is 1280. The summed E-state index contributed by atoms with van der Waals surface area (Å²) in [6.45, 7) is 9.17. The van der Waals surface area contributed by atoms with E-state index in [0.29, 0.717) is 49.3 Å². The number of methoxy groups -OCH3 is 1. The minimum absolute atomic E-state index is 0.0126. The van der Waals surface area contributed by atoms with Crippen LogP contribution in [-0.4, -0.2) is 88.3 Å². The van der Waals surface area contributed by atoms with Gasteiger partial charge in [0.15, 0.2) is 6.79 Å². The van der Waals surface area contributed by atoms with E-state index in [-0.39, 0.29) is 25.3 Å². The number of fused-ring (bicyclic) bond motifs is 1. The van der Waals surface area contributed by atoms with Gasteiger partial charge in [-0.1, -0.05) is 43.9 Å². The van der Waals surface area contributed by atoms with Crippen molar-refractivity contribution in [3.63, 3.8) is 0 Å². The van der Waals surface area contributed by atoms with Gasteiger partial charge in [0.05, 0.1) is 11.6 Å². The number of nitrogens with zero attached hydrogens (tertiary/aromatic N) is 2. The first kappa shape index (κ1) is 32.8. The monoisotopic (exact) mass is 675 g/mol. The molecule has 2 aliphatic heterocycles. The van der Waals surface area contributed by atoms with E-state index in [1.807, 2.05) is 41.3 Å². The number of ether oxygens (including phenoxy) is 4. The zero-order valence-electron chi connectivity index (χ0n) is 25.4. The van der Waals surface area contributed by atoms with Crippen molar-refractivity contribution >= 4 is 47.8 Å². The van der Waals surface area contributed by atoms with E-state index in [1.165, 1.54) is 7.11 Å². The number of amides is 3. The number of hydrogen-bond donors (Lipinski definition) is 1. The summed E-state index contributed by atoms with van der Waals surface area (Å²) in [5.41, 5.74) is 2.74. The Hall–Kier alpha value is -3.09. The van der Waals surface area contributed by atoms with Crippen LogP contribution >= 0.6 is 15.9 Å². The lowest BCUT2D eigenvalue weighted by atomic mass is 10.0. The minimum Gasteiger partial charge on any atom is -0.466 e. The molecule has 2 aliphatic rings. The second-order valence-corrected chi connectivity index (χ2v) is 18.6. The Morgan fingerprint density at radius 2 is 1.84 bits per heavy atom. The topological polar surface area (TPSA) is 107 Å². The lowest BCUT2D eigenvalue weighted by molar-refractivity contribution is -0.151. The molecule has 0 aliphatic carbocycles. The highest BCUT2D eigenvalue weighted by Gasteiger charge is 2.33. The van der Waals surface area contributed by atoms with Gasteiger partial charge in [0, 0.05) is 52.5 Å². The van der Waals surface area contributed by atoms with Crippen LogP contribution in [0.5, 0.6) is 5.75 Å². The lowest BCUT2D eigenvalue weighted by Gasteiger charge is -2.37. The molecule has 0 unspecified atom stereocenters. The van der Waals surface area contributed by atoms with E-state index in [2.05, 4.69) is 40.9 Å². The maximum atomic E-state index is 13.1. The fraction of sp³-hybridized carbons (Fsp3) is 0.516. The van der Waals surface area contributed by atoms with Crippen LogP contribution in [0.3, 0.4) is 0 Å². The molecule has 2 aromatic carbocycles. The minimum atomic E-state index is -1.16. The summed E-state index contributed by atoms with van der Waals surface area (Å²) in [6.07, 6.45) is 0.489. The second-order valence-electron chi connectivity index (χ2n) is 12.1. The normalized spacial score (nSPS) is 16.5. The van der Waals surface area contributed by atoms with Gasteiger partial charge in [0.25, 0.3) is 0 Å². The number of piperidine rings is 1. The first-order valence-electron chi connectivity index (χ1n) is 14.7. The fourth-order valence-electron chi connectivity index (χ4n) is 5.14. The molecule has 0 saturated carbocycles. The third kappa shape index (κ3) is 9.44. The van der Waals surface area contributed by atoms with Gasteiger partial charge in [-0.3, -0.25) is 0 Å². The number of rotatable bonds is 11. The summed E-state index contributed by atoms with van der Waals surface area (Å²) >= 11 is 3.52. The molecule has 1 N–H and O–H groups in total. The van der Waals surface area contributed by atoms with E-state index >= 15 is 0 Å². The van der Waals surface area contributed by atoms with Crippen molar-refractivity contribution in [2.24, 2.45) is 0 Å². The molecule has 1 atom stereocenters. The predicted octanol–water partition coefficient (Wildman–Crippen LogP) is 5.92. The second kappa shape index (κ2) is 15.1. The van der Waals surface area contributed by atoms with Crippen LogP contribution in [0.25, 0.3) is 0 Å². The molecule has 10 nitrogen and oxygen atoms in total. The lowest BCUT2D eigenvalue weighted by Crippen LogP contribution is -2.50. The molecule has 234 valence electrons. The molecule has 2 heterocycles. The first-order chi connectivity index (χ1) is 20.5. The quantitative estimate of drug-likeness (QED) is 0.136. The molecule has 0 spiro atoms. The van der Waals surface area contributed by atoms with Crippen LogP contribution in [0.15, 0.2) is 46.9 Å². The molecule has 1 saturated heterocycles. The van der Waals surface area contributed by atoms with Crippen molar-refractivity contribution in [3.05, 3.63) is 58.1 Å². The van der Waals surface area contributed by atoms with Crippen LogP contribution in [0.4, 0.5) is 15.3 Å². The molecule has 3 amide bonds. The fourth-order valence-corrected chi connectivity index (χ4v) is 6.44. The summed E-state index contributed by atoms with van der Waals surface area (Å²) < 4.78 is 22.7. The molecule has 0 radical (unpaired) electrons. The zero-order valence-corrected chi connectivity index (χ0v) is 28.0. The van der Waals surface area contributed by atoms with Crippen LogP contribution in [0.2, 0.25) is 25.7 Å². The third-order valence-electron chi connectivity index (χ3n) is 7.72. The molecule has 4 rings (SSSR count). The van der Waals surface area contributed by atoms with Crippen molar-refractivity contribution in [3.8, 4) is 5.75 Å². The number of anilines is 1. The van der Waals surface area contributed by atoms with Gasteiger partial charge in [-0.25, -0.2) is 14.4 Å². The van der Waals surface area contributed by atoms with Crippen molar-refractivity contribution in [1.29, 1.82) is 0 Å². The number of halogens is 1. The third-order valence-corrected chi connectivity index (χ3v) is 10.0. The van der Waals surface area contributed by atoms with Crippen molar-refractivity contribution in [1.82, 2.24) is 9.80 Å². The van der Waals surface area contributed by atoms with E-state index in [1.54, 1.807) is 11.0 Å². The van der Waals surface area contributed by atoms with Gasteiger partial charge in [-0.05, 0) is 70.6 Å². The largest absolute Gasteiger partial charge is 0.466 e. The number of carbonyl (C=O) groups is 3. The predicted molar refractivity (Wildman–Crippen MR) is 170 cm³/mol. The van der Waals surface area contributed by atoms with E-state index < -0.39 is 26.2 Å². The molecule has 0 bridgehead atoms. The van der Waals surface area contributed by atoms with Crippen molar-refractivity contribution < 1.29 is 33.3 Å². The highest BCUT2D eigenvalue weighted by atomic mass is 79.9. The Kier molecular flexibility index (Phi) is 11.5. The van der Waals surface area contributed by atoms with E-state index in [4.69, 9.17) is 18.9 Å². The maximum Gasteiger partial charge on any atom is 0.410 e. The molecular formula is C31H42BrN3O7Si. The van der Waals surface area contributed by atoms with Gasteiger partial charge < -0.3 is 34.1 Å². The number of likely N-dealkylation sites (tertiary alicyclic amines) is 1. The van der Waals surface area contributed by atoms with Crippen molar-refractivity contribution in [2.75, 3.05) is 45.5 Å². The molecule has 2 aromatic rings. The summed E-state index contributed by atoms with van der Waals surface area (Å²) in [5.74, 6) is -0.00973. The number of nitrogens with one attached hydrogen (secondary N) is 1. The molecular weight excluding hydrogens is 634 g/mol. The van der Waals surface area contributed by atoms with Gasteiger partial charge in [0.2, 0.25) is 6.10 Å². The smallest absolute Gasteiger partial charge is 0.410 e. The standard InChI is InChI=1S/C31H42BrN3O7Si/c1-39-29(36)28(20-22-9-10-27(25(32)19-22)41-21-40-17-18-43(2,3)4)42-31(38)34-14-12-24(13-15-34)35-16-11-23-7-5-6-8-26(23)33-30(35)37/h5-10,19,24,28H,11-18,20-21H2,1-4H3,(H,33,37)/t28-/m1/s1. The summed E-state index contributed by atoms with van der Waals surface area (Å²) in [4.78, 5) is 42.0. The number of benzene rings is 2. The zero-order chi connectivity index (χ0) is 31.0. The first-order valence-corrected chi connectivity index (χ1v) is 19.2. The summed E-state index contributed by atoms with van der Waals surface area (Å²) in [6, 6.07) is 14.2. The van der Waals surface area contributed by atoms with Gasteiger partial charge in [-0.15, -0.1) is 0 Å². The number of esters is 1. The Morgan fingerprint density at radius 3 is 2.53 bits per heavy atom. The Balaban J connectivity index is 1.27. The van der Waals surface area contributed by atoms with E-state index in [0.717, 1.165) is 29.3 Å². The number of para-hydroxylation sites is 1. The van der Waals surface area contributed by atoms with Crippen molar-refractivity contribution in [2.45, 2.75) is 63.5 Å². The van der Waals surface area contributed by atoms with Crippen LogP contribution < -0.4 is 10.1 Å². The summed E-state index contributed by atoms with van der Waals surface area (Å²) in [7, 11) is 0.108. The highest BCUT2D eigenvalue weighted by Crippen LogP contribution is 2.28. The Morgan fingerprint density at radius 1 is 1.09 bits per heavy atom. The molecule has 1 fully saturated rings. The average molecular weight is 677 g/mol. The number of carbonyl (C=O) groups excluding carboxylic acids is 3. The number of hydrogen-bond acceptors (Lipinski definition) is 7. The van der Waals surface area contributed by atoms with Crippen LogP contribution in [0.1, 0.15) is 24.0 Å². The molecule has 12 heteroatoms. The maximum absolute atomic E-state index is 13.1. The van der Waals surface area contributed by atoms with Crippen LogP contribution in [-0.2, 0) is 31.8 Å². The molecule has 43 heavy (non-hydrogen) atoms. The van der Waals surface area contributed by atoms with E-state index in [9.17, 15) is 14.4 Å². The Labute approximate surface area is 263 Å². The van der Waals surface area contributed by atoms with Gasteiger partial charge >= 0.3 is 18.1 Å². The highest BCUT2D eigenvalue weighted by molar-refractivity contribution is 9.10. The number of urea groups is 1.